The molecule has 0 aromatic heterocycles. The average molecular weight is 170 g/mol. The molecule has 0 fully saturated rings. The van der Waals surface area contributed by atoms with Crippen LogP contribution in [0, 0.1) is 0 Å². The highest BCUT2D eigenvalue weighted by Crippen LogP contribution is 2.33. The maximum atomic E-state index is 10.0. The number of ether oxygens (including phenoxy) is 1. The summed E-state index contributed by atoms with van der Waals surface area (Å²) in [6.45, 7) is -0.473. The fraction of sp³-hybridized carbons (Fsp3) is 0.667. The highest BCUT2D eigenvalue weighted by atomic mass is 31.2. The number of hydrogen-bond donors (Lipinski definition) is 3. The van der Waals surface area contributed by atoms with Crippen LogP contribution in [0.2, 0.25) is 0 Å². The minimum atomic E-state index is -4.11. The zero-order valence-corrected chi connectivity index (χ0v) is 5.82. The zero-order valence-electron chi connectivity index (χ0n) is 4.93. The molecule has 0 unspecified atom stereocenters. The Labute approximate surface area is 56.6 Å². The summed E-state index contributed by atoms with van der Waals surface area (Å²) in [6, 6.07) is 0. The van der Waals surface area contributed by atoms with E-state index in [9.17, 15) is 9.36 Å². The van der Waals surface area contributed by atoms with E-state index < -0.39 is 26.5 Å². The van der Waals surface area contributed by atoms with E-state index in [1.807, 2.05) is 0 Å². The zero-order chi connectivity index (χ0) is 8.20. The molecule has 6 nitrogen and oxygen atoms in total. The number of carbonyl (C=O) groups is 1. The molecule has 0 aromatic rings. The van der Waals surface area contributed by atoms with Crippen LogP contribution in [0.4, 0.5) is 4.79 Å². The molecule has 0 saturated heterocycles. The van der Waals surface area contributed by atoms with Gasteiger partial charge in [-0.1, -0.05) is 0 Å². The molecule has 0 rings (SSSR count). The van der Waals surface area contributed by atoms with Crippen LogP contribution in [0.5, 0.6) is 0 Å². The van der Waals surface area contributed by atoms with Gasteiger partial charge in [-0.15, -0.1) is 0 Å². The predicted molar refractivity (Wildman–Crippen MR) is 30.9 cm³/mol. The molecule has 0 aliphatic rings. The summed E-state index contributed by atoms with van der Waals surface area (Å²) in [5, 5.41) is 7.84. The second-order valence-corrected chi connectivity index (χ2v) is 3.28. The molecule has 7 heteroatoms. The minimum absolute atomic E-state index is 0.473. The summed E-state index contributed by atoms with van der Waals surface area (Å²) in [7, 11) is -4.11. The predicted octanol–water partition coefficient (Wildman–Crippen LogP) is -0.141. The highest BCUT2D eigenvalue weighted by molar-refractivity contribution is 7.51. The van der Waals surface area contributed by atoms with Crippen LogP contribution in [-0.4, -0.2) is 33.8 Å². The van der Waals surface area contributed by atoms with Gasteiger partial charge in [-0.3, -0.25) is 4.57 Å². The van der Waals surface area contributed by atoms with Gasteiger partial charge >= 0.3 is 13.8 Å². The first-order chi connectivity index (χ1) is 4.42. The van der Waals surface area contributed by atoms with Gasteiger partial charge in [0.1, 0.15) is 6.61 Å². The van der Waals surface area contributed by atoms with E-state index in [1.54, 1.807) is 0 Å². The van der Waals surface area contributed by atoms with Crippen molar-refractivity contribution in [3.05, 3.63) is 0 Å². The van der Waals surface area contributed by atoms with E-state index in [0.29, 0.717) is 0 Å². The lowest BCUT2D eigenvalue weighted by molar-refractivity contribution is 0.0962. The van der Waals surface area contributed by atoms with Crippen LogP contribution in [0.3, 0.4) is 0 Å². The Balaban J connectivity index is 3.39. The minimum Gasteiger partial charge on any atom is -0.450 e. The summed E-state index contributed by atoms with van der Waals surface area (Å²) in [4.78, 5) is 25.9. The molecule has 10 heavy (non-hydrogen) atoms. The van der Waals surface area contributed by atoms with Gasteiger partial charge in [0.15, 0.2) is 0 Å². The standard InChI is InChI=1S/C3H7O6P/c4-3(5)9-1-2-10(6,7)8/h1-2H2,(H,4,5)(H2,6,7,8). The van der Waals surface area contributed by atoms with Gasteiger partial charge in [0.25, 0.3) is 0 Å². The van der Waals surface area contributed by atoms with Crippen molar-refractivity contribution in [2.24, 2.45) is 0 Å². The highest BCUT2D eigenvalue weighted by Gasteiger charge is 2.12. The van der Waals surface area contributed by atoms with Crippen molar-refractivity contribution in [3.63, 3.8) is 0 Å². The first-order valence-corrected chi connectivity index (χ1v) is 4.12. The molecule has 0 amide bonds. The first-order valence-electron chi connectivity index (χ1n) is 2.32. The smallest absolute Gasteiger partial charge is 0.450 e. The van der Waals surface area contributed by atoms with E-state index in [0.717, 1.165) is 0 Å². The quantitative estimate of drug-likeness (QED) is 0.402. The SMILES string of the molecule is O=C(O)OCCP(=O)(O)O. The maximum Gasteiger partial charge on any atom is 0.505 e. The van der Waals surface area contributed by atoms with Gasteiger partial charge in [-0.25, -0.2) is 4.79 Å². The van der Waals surface area contributed by atoms with Crippen molar-refractivity contribution in [1.29, 1.82) is 0 Å². The molecule has 0 saturated carbocycles. The summed E-state index contributed by atoms with van der Waals surface area (Å²) >= 11 is 0. The summed E-state index contributed by atoms with van der Waals surface area (Å²) in [6.07, 6.45) is -2.10. The number of carboxylic acid groups (broad SMARTS) is 1. The van der Waals surface area contributed by atoms with Crippen LogP contribution in [0.1, 0.15) is 0 Å². The van der Waals surface area contributed by atoms with E-state index >= 15 is 0 Å². The van der Waals surface area contributed by atoms with Gasteiger partial charge < -0.3 is 19.6 Å². The fourth-order valence-electron chi connectivity index (χ4n) is 0.252. The van der Waals surface area contributed by atoms with Gasteiger partial charge in [-0.2, -0.15) is 0 Å². The van der Waals surface area contributed by atoms with Crippen molar-refractivity contribution >= 4 is 13.8 Å². The fourth-order valence-corrected chi connectivity index (χ4v) is 0.581. The van der Waals surface area contributed by atoms with Crippen LogP contribution < -0.4 is 0 Å². The molecular weight excluding hydrogens is 163 g/mol. The number of hydrogen-bond acceptors (Lipinski definition) is 3. The normalized spacial score (nSPS) is 11.0. The Bertz CT molecular complexity index is 158. The molecule has 0 aliphatic carbocycles. The second kappa shape index (κ2) is 3.55. The van der Waals surface area contributed by atoms with Crippen LogP contribution >= 0.6 is 7.60 Å². The second-order valence-electron chi connectivity index (χ2n) is 1.50. The molecule has 3 N–H and O–H groups in total. The third-order valence-electron chi connectivity index (χ3n) is 0.608. The van der Waals surface area contributed by atoms with Crippen molar-refractivity contribution in [1.82, 2.24) is 0 Å². The molecule has 0 atom stereocenters. The molecule has 0 spiro atoms. The molecule has 0 radical (unpaired) electrons. The van der Waals surface area contributed by atoms with E-state index in [4.69, 9.17) is 14.9 Å². The molecule has 0 bridgehead atoms. The lowest BCUT2D eigenvalue weighted by Crippen LogP contribution is -2.05. The van der Waals surface area contributed by atoms with Crippen LogP contribution in [0.15, 0.2) is 0 Å². The van der Waals surface area contributed by atoms with Crippen LogP contribution in [0.25, 0.3) is 0 Å². The Kier molecular flexibility index (Phi) is 3.35. The first kappa shape index (κ1) is 9.42. The van der Waals surface area contributed by atoms with E-state index in [2.05, 4.69) is 4.74 Å². The van der Waals surface area contributed by atoms with Gasteiger partial charge in [-0.05, 0) is 0 Å². The molecule has 60 valence electrons. The summed E-state index contributed by atoms with van der Waals surface area (Å²) < 4.78 is 13.9. The van der Waals surface area contributed by atoms with Crippen molar-refractivity contribution in [2.75, 3.05) is 12.8 Å². The lowest BCUT2D eigenvalue weighted by atomic mass is 10.9. The summed E-state index contributed by atoms with van der Waals surface area (Å²) in [5.41, 5.74) is 0. The van der Waals surface area contributed by atoms with E-state index in [1.165, 1.54) is 0 Å². The van der Waals surface area contributed by atoms with E-state index in [-0.39, 0.29) is 0 Å². The molecular formula is C3H7O6P. The third kappa shape index (κ3) is 7.42. The Morgan fingerprint density at radius 1 is 1.50 bits per heavy atom. The Hall–Kier alpha value is -0.580. The van der Waals surface area contributed by atoms with Crippen molar-refractivity contribution in [3.8, 4) is 0 Å². The van der Waals surface area contributed by atoms with Gasteiger partial charge in [0.2, 0.25) is 0 Å². The monoisotopic (exact) mass is 170 g/mol. The van der Waals surface area contributed by atoms with Crippen molar-refractivity contribution in [2.45, 2.75) is 0 Å². The van der Waals surface area contributed by atoms with Gasteiger partial charge in [0.05, 0.1) is 6.16 Å². The topological polar surface area (TPSA) is 104 Å². The largest absolute Gasteiger partial charge is 0.505 e. The third-order valence-corrected chi connectivity index (χ3v) is 1.37. The Morgan fingerprint density at radius 2 is 2.00 bits per heavy atom. The maximum absolute atomic E-state index is 10.0. The molecule has 0 heterocycles. The molecule has 0 aromatic carbocycles. The van der Waals surface area contributed by atoms with Gasteiger partial charge in [0, 0.05) is 0 Å². The molecule has 0 aliphatic heterocycles. The van der Waals surface area contributed by atoms with Crippen LogP contribution in [-0.2, 0) is 9.30 Å². The van der Waals surface area contributed by atoms with Crippen molar-refractivity contribution < 1.29 is 29.0 Å². The number of rotatable bonds is 3. The average Bonchev–Trinajstić information content (AvgIpc) is 1.59. The summed E-state index contributed by atoms with van der Waals surface area (Å²) in [5.74, 6) is 0. The lowest BCUT2D eigenvalue weighted by Gasteiger charge is -2.01. The Morgan fingerprint density at radius 3 is 2.30 bits per heavy atom.